The molecule has 0 amide bonds. The van der Waals surface area contributed by atoms with Gasteiger partial charge in [-0.1, -0.05) is 24.3 Å². The minimum absolute atomic E-state index is 0.0330. The third kappa shape index (κ3) is 2.01. The highest BCUT2D eigenvalue weighted by molar-refractivity contribution is 6.09. The predicted molar refractivity (Wildman–Crippen MR) is 63.6 cm³/mol. The predicted octanol–water partition coefficient (Wildman–Crippen LogP) is 2.93. The van der Waals surface area contributed by atoms with Crippen LogP contribution in [0.15, 0.2) is 42.6 Å². The molecular formula is C14H13NO. The molecule has 0 spiro atoms. The van der Waals surface area contributed by atoms with Gasteiger partial charge in [0, 0.05) is 23.0 Å². The van der Waals surface area contributed by atoms with Crippen LogP contribution >= 0.6 is 0 Å². The number of benzene rings is 1. The summed E-state index contributed by atoms with van der Waals surface area (Å²) in [6.07, 6.45) is 1.63. The molecule has 1 heterocycles. The van der Waals surface area contributed by atoms with Crippen LogP contribution in [0.4, 0.5) is 0 Å². The minimum Gasteiger partial charge on any atom is -0.289 e. The van der Waals surface area contributed by atoms with Crippen LogP contribution in [0.25, 0.3) is 0 Å². The number of carbonyl (C=O) groups excluding carboxylic acids is 1. The van der Waals surface area contributed by atoms with Crippen LogP contribution < -0.4 is 0 Å². The van der Waals surface area contributed by atoms with E-state index in [2.05, 4.69) is 4.98 Å². The van der Waals surface area contributed by atoms with Gasteiger partial charge in [0.2, 0.25) is 0 Å². The molecule has 0 saturated carbocycles. The number of aryl methyl sites for hydroxylation is 2. The minimum atomic E-state index is 0.0330. The molecule has 16 heavy (non-hydrogen) atoms. The molecule has 0 fully saturated rings. The van der Waals surface area contributed by atoms with Crippen LogP contribution in [0.3, 0.4) is 0 Å². The van der Waals surface area contributed by atoms with Crippen molar-refractivity contribution in [2.24, 2.45) is 0 Å². The van der Waals surface area contributed by atoms with E-state index in [9.17, 15) is 4.79 Å². The Kier molecular flexibility index (Phi) is 2.82. The number of hydrogen-bond acceptors (Lipinski definition) is 2. The Morgan fingerprint density at radius 3 is 2.44 bits per heavy atom. The van der Waals surface area contributed by atoms with Crippen LogP contribution in [-0.4, -0.2) is 10.8 Å². The first-order valence-corrected chi connectivity index (χ1v) is 5.21. The summed E-state index contributed by atoms with van der Waals surface area (Å²) in [4.78, 5) is 16.3. The lowest BCUT2D eigenvalue weighted by atomic mass is 10.0. The van der Waals surface area contributed by atoms with Crippen LogP contribution in [-0.2, 0) is 0 Å². The van der Waals surface area contributed by atoms with Gasteiger partial charge < -0.3 is 0 Å². The number of pyridine rings is 1. The van der Waals surface area contributed by atoms with Crippen LogP contribution in [0.1, 0.15) is 27.2 Å². The molecule has 0 atom stereocenters. The van der Waals surface area contributed by atoms with E-state index in [4.69, 9.17) is 0 Å². The summed E-state index contributed by atoms with van der Waals surface area (Å²) >= 11 is 0. The molecule has 0 N–H and O–H groups in total. The first-order chi connectivity index (χ1) is 7.68. The van der Waals surface area contributed by atoms with E-state index in [0.29, 0.717) is 5.56 Å². The molecule has 0 bridgehead atoms. The SMILES string of the molecule is Cc1ccc(C(=O)c2ccccc2C)cn1. The van der Waals surface area contributed by atoms with Gasteiger partial charge in [-0.05, 0) is 31.5 Å². The highest BCUT2D eigenvalue weighted by Crippen LogP contribution is 2.13. The first-order valence-electron chi connectivity index (χ1n) is 5.21. The Labute approximate surface area is 95.0 Å². The molecule has 0 unspecified atom stereocenters. The number of aromatic nitrogens is 1. The molecule has 1 aromatic heterocycles. The maximum atomic E-state index is 12.1. The van der Waals surface area contributed by atoms with Crippen LogP contribution in [0.2, 0.25) is 0 Å². The van der Waals surface area contributed by atoms with Gasteiger partial charge in [-0.25, -0.2) is 0 Å². The zero-order valence-corrected chi connectivity index (χ0v) is 9.40. The Morgan fingerprint density at radius 1 is 1.06 bits per heavy atom. The van der Waals surface area contributed by atoms with Gasteiger partial charge in [0.1, 0.15) is 0 Å². The number of rotatable bonds is 2. The van der Waals surface area contributed by atoms with Crippen molar-refractivity contribution in [2.75, 3.05) is 0 Å². The van der Waals surface area contributed by atoms with Gasteiger partial charge >= 0.3 is 0 Å². The highest BCUT2D eigenvalue weighted by atomic mass is 16.1. The molecular weight excluding hydrogens is 198 g/mol. The second kappa shape index (κ2) is 4.27. The number of hydrogen-bond donors (Lipinski definition) is 0. The molecule has 0 aliphatic carbocycles. The molecule has 2 heteroatoms. The lowest BCUT2D eigenvalue weighted by Crippen LogP contribution is -2.04. The average Bonchev–Trinajstić information content (AvgIpc) is 2.30. The summed E-state index contributed by atoms with van der Waals surface area (Å²) in [5.41, 5.74) is 3.29. The standard InChI is InChI=1S/C14H13NO/c1-10-5-3-4-6-13(10)14(16)12-8-7-11(2)15-9-12/h3-9H,1-2H3. The van der Waals surface area contributed by atoms with Gasteiger partial charge in [-0.15, -0.1) is 0 Å². The highest BCUT2D eigenvalue weighted by Gasteiger charge is 2.10. The smallest absolute Gasteiger partial charge is 0.194 e. The van der Waals surface area contributed by atoms with E-state index in [1.807, 2.05) is 50.2 Å². The van der Waals surface area contributed by atoms with Gasteiger partial charge in [-0.2, -0.15) is 0 Å². The fourth-order valence-corrected chi connectivity index (χ4v) is 1.59. The Balaban J connectivity index is 2.40. The molecule has 2 aromatic rings. The number of carbonyl (C=O) groups is 1. The molecule has 0 saturated heterocycles. The van der Waals surface area contributed by atoms with Crippen molar-refractivity contribution in [3.63, 3.8) is 0 Å². The Hall–Kier alpha value is -1.96. The van der Waals surface area contributed by atoms with Gasteiger partial charge in [0.25, 0.3) is 0 Å². The number of nitrogens with zero attached hydrogens (tertiary/aromatic N) is 1. The van der Waals surface area contributed by atoms with E-state index in [0.717, 1.165) is 16.8 Å². The summed E-state index contributed by atoms with van der Waals surface area (Å²) in [5, 5.41) is 0. The van der Waals surface area contributed by atoms with E-state index < -0.39 is 0 Å². The lowest BCUT2D eigenvalue weighted by Gasteiger charge is -2.04. The molecule has 2 rings (SSSR count). The molecule has 1 aromatic carbocycles. The molecule has 0 radical (unpaired) electrons. The van der Waals surface area contributed by atoms with E-state index >= 15 is 0 Å². The summed E-state index contributed by atoms with van der Waals surface area (Å²) in [7, 11) is 0. The third-order valence-electron chi connectivity index (χ3n) is 2.56. The van der Waals surface area contributed by atoms with Crippen LogP contribution in [0.5, 0.6) is 0 Å². The fraction of sp³-hybridized carbons (Fsp3) is 0.143. The van der Waals surface area contributed by atoms with Gasteiger partial charge in [0.15, 0.2) is 5.78 Å². The maximum absolute atomic E-state index is 12.1. The maximum Gasteiger partial charge on any atom is 0.194 e. The summed E-state index contributed by atoms with van der Waals surface area (Å²) in [6, 6.07) is 11.3. The largest absolute Gasteiger partial charge is 0.289 e. The Bertz CT molecular complexity index is 515. The van der Waals surface area contributed by atoms with Crippen molar-refractivity contribution >= 4 is 5.78 Å². The van der Waals surface area contributed by atoms with Gasteiger partial charge in [0.05, 0.1) is 0 Å². The number of ketones is 1. The molecule has 80 valence electrons. The van der Waals surface area contributed by atoms with Crippen molar-refractivity contribution in [1.29, 1.82) is 0 Å². The second-order valence-electron chi connectivity index (χ2n) is 3.83. The van der Waals surface area contributed by atoms with Crippen molar-refractivity contribution in [2.45, 2.75) is 13.8 Å². The molecule has 0 aliphatic heterocycles. The topological polar surface area (TPSA) is 30.0 Å². The monoisotopic (exact) mass is 211 g/mol. The van der Waals surface area contributed by atoms with E-state index in [1.54, 1.807) is 6.20 Å². The van der Waals surface area contributed by atoms with E-state index in [1.165, 1.54) is 0 Å². The van der Waals surface area contributed by atoms with Crippen molar-refractivity contribution in [3.05, 3.63) is 65.0 Å². The molecule has 2 nitrogen and oxygen atoms in total. The van der Waals surface area contributed by atoms with E-state index in [-0.39, 0.29) is 5.78 Å². The quantitative estimate of drug-likeness (QED) is 0.715. The van der Waals surface area contributed by atoms with Crippen molar-refractivity contribution in [1.82, 2.24) is 4.98 Å². The second-order valence-corrected chi connectivity index (χ2v) is 3.83. The third-order valence-corrected chi connectivity index (χ3v) is 2.56. The summed E-state index contributed by atoms with van der Waals surface area (Å²) in [6.45, 7) is 3.84. The van der Waals surface area contributed by atoms with Crippen molar-refractivity contribution in [3.8, 4) is 0 Å². The Morgan fingerprint density at radius 2 is 1.81 bits per heavy atom. The average molecular weight is 211 g/mol. The lowest BCUT2D eigenvalue weighted by molar-refractivity contribution is 0.103. The summed E-state index contributed by atoms with van der Waals surface area (Å²) in [5.74, 6) is 0.0330. The normalized spacial score (nSPS) is 10.1. The van der Waals surface area contributed by atoms with Gasteiger partial charge in [-0.3, -0.25) is 9.78 Å². The zero-order chi connectivity index (χ0) is 11.5. The summed E-state index contributed by atoms with van der Waals surface area (Å²) < 4.78 is 0. The zero-order valence-electron chi connectivity index (χ0n) is 9.40. The van der Waals surface area contributed by atoms with Crippen LogP contribution in [0, 0.1) is 13.8 Å². The molecule has 0 aliphatic rings. The first kappa shape index (κ1) is 10.6. The fourth-order valence-electron chi connectivity index (χ4n) is 1.59. The van der Waals surface area contributed by atoms with Crippen molar-refractivity contribution < 1.29 is 4.79 Å².